The maximum Gasteiger partial charge on any atom is 0.293 e. The van der Waals surface area contributed by atoms with E-state index in [1.165, 1.54) is 0 Å². The number of anilines is 2. The van der Waals surface area contributed by atoms with Crippen molar-refractivity contribution in [1.82, 2.24) is 0 Å². The summed E-state index contributed by atoms with van der Waals surface area (Å²) in [5, 5.41) is 6.06. The lowest BCUT2D eigenvalue weighted by Gasteiger charge is -2.10. The Labute approximate surface area is 83.3 Å². The van der Waals surface area contributed by atoms with E-state index in [9.17, 15) is 4.79 Å². The van der Waals surface area contributed by atoms with Crippen LogP contribution in [0.3, 0.4) is 0 Å². The van der Waals surface area contributed by atoms with Gasteiger partial charge in [0.2, 0.25) is 0 Å². The SMILES string of the molecule is CNc1ccc(NC)c(COC=O)c1. The van der Waals surface area contributed by atoms with Gasteiger partial charge in [-0.25, -0.2) is 0 Å². The molecule has 1 aromatic rings. The summed E-state index contributed by atoms with van der Waals surface area (Å²) in [7, 11) is 3.68. The highest BCUT2D eigenvalue weighted by Gasteiger charge is 2.02. The average Bonchev–Trinajstić information content (AvgIpc) is 2.25. The van der Waals surface area contributed by atoms with E-state index in [1.54, 1.807) is 0 Å². The van der Waals surface area contributed by atoms with Crippen molar-refractivity contribution in [3.8, 4) is 0 Å². The molecule has 0 bridgehead atoms. The number of nitrogens with one attached hydrogen (secondary N) is 2. The van der Waals surface area contributed by atoms with Crippen LogP contribution in [0.2, 0.25) is 0 Å². The quantitative estimate of drug-likeness (QED) is 0.696. The third-order valence-electron chi connectivity index (χ3n) is 1.97. The molecule has 0 atom stereocenters. The Balaban J connectivity index is 2.89. The van der Waals surface area contributed by atoms with E-state index >= 15 is 0 Å². The van der Waals surface area contributed by atoms with Crippen LogP contribution in [0.1, 0.15) is 5.56 Å². The first-order valence-electron chi connectivity index (χ1n) is 4.35. The largest absolute Gasteiger partial charge is 0.463 e. The molecule has 0 unspecified atom stereocenters. The van der Waals surface area contributed by atoms with E-state index in [-0.39, 0.29) is 6.61 Å². The van der Waals surface area contributed by atoms with Crippen LogP contribution in [-0.4, -0.2) is 20.6 Å². The molecule has 0 aliphatic heterocycles. The maximum absolute atomic E-state index is 10.1. The molecule has 4 heteroatoms. The second-order valence-corrected chi connectivity index (χ2v) is 2.78. The van der Waals surface area contributed by atoms with Gasteiger partial charge in [0, 0.05) is 31.0 Å². The Bertz CT molecular complexity index is 313. The molecule has 0 saturated heterocycles. The van der Waals surface area contributed by atoms with Gasteiger partial charge < -0.3 is 15.4 Å². The second kappa shape index (κ2) is 5.11. The Kier molecular flexibility index (Phi) is 3.79. The molecule has 0 amide bonds. The first-order valence-corrected chi connectivity index (χ1v) is 4.35. The van der Waals surface area contributed by atoms with Crippen LogP contribution in [0, 0.1) is 0 Å². The van der Waals surface area contributed by atoms with Crippen molar-refractivity contribution in [1.29, 1.82) is 0 Å². The molecule has 0 fully saturated rings. The molecule has 2 N–H and O–H groups in total. The number of carbonyl (C=O) groups excluding carboxylic acids is 1. The van der Waals surface area contributed by atoms with Crippen LogP contribution in [-0.2, 0) is 16.1 Å². The number of carbonyl (C=O) groups is 1. The fraction of sp³-hybridized carbons (Fsp3) is 0.300. The fourth-order valence-corrected chi connectivity index (χ4v) is 1.24. The van der Waals surface area contributed by atoms with E-state index in [2.05, 4.69) is 10.6 Å². The average molecular weight is 194 g/mol. The smallest absolute Gasteiger partial charge is 0.293 e. The molecule has 1 rings (SSSR count). The van der Waals surface area contributed by atoms with E-state index in [4.69, 9.17) is 4.74 Å². The molecule has 4 nitrogen and oxygen atoms in total. The lowest BCUT2D eigenvalue weighted by molar-refractivity contribution is -0.129. The van der Waals surface area contributed by atoms with Crippen molar-refractivity contribution in [2.75, 3.05) is 24.7 Å². The first kappa shape index (κ1) is 10.4. The molecular weight excluding hydrogens is 180 g/mol. The van der Waals surface area contributed by atoms with Crippen LogP contribution in [0.5, 0.6) is 0 Å². The van der Waals surface area contributed by atoms with Gasteiger partial charge in [0.25, 0.3) is 6.47 Å². The topological polar surface area (TPSA) is 50.4 Å². The van der Waals surface area contributed by atoms with Crippen LogP contribution in [0.25, 0.3) is 0 Å². The highest BCUT2D eigenvalue weighted by atomic mass is 16.5. The number of benzene rings is 1. The summed E-state index contributed by atoms with van der Waals surface area (Å²) in [6, 6.07) is 5.83. The van der Waals surface area contributed by atoms with E-state index in [1.807, 2.05) is 32.3 Å². The lowest BCUT2D eigenvalue weighted by Crippen LogP contribution is -1.99. The van der Waals surface area contributed by atoms with Gasteiger partial charge in [-0.05, 0) is 18.2 Å². The van der Waals surface area contributed by atoms with Crippen LogP contribution < -0.4 is 10.6 Å². The van der Waals surface area contributed by atoms with Gasteiger partial charge in [-0.1, -0.05) is 0 Å². The van der Waals surface area contributed by atoms with Gasteiger partial charge >= 0.3 is 0 Å². The summed E-state index contributed by atoms with van der Waals surface area (Å²) >= 11 is 0. The molecule has 1 aromatic carbocycles. The number of hydrogen-bond donors (Lipinski definition) is 2. The van der Waals surface area contributed by atoms with Crippen molar-refractivity contribution in [3.05, 3.63) is 23.8 Å². The summed E-state index contributed by atoms with van der Waals surface area (Å²) in [4.78, 5) is 10.1. The van der Waals surface area contributed by atoms with Gasteiger partial charge in [-0.3, -0.25) is 4.79 Å². The fourth-order valence-electron chi connectivity index (χ4n) is 1.24. The van der Waals surface area contributed by atoms with Crippen molar-refractivity contribution < 1.29 is 9.53 Å². The Morgan fingerprint density at radius 2 is 2.14 bits per heavy atom. The number of hydrogen-bond acceptors (Lipinski definition) is 4. The lowest BCUT2D eigenvalue weighted by atomic mass is 10.1. The van der Waals surface area contributed by atoms with E-state index < -0.39 is 0 Å². The molecular formula is C10H14N2O2. The third-order valence-corrected chi connectivity index (χ3v) is 1.97. The highest BCUT2D eigenvalue weighted by molar-refractivity contribution is 5.59. The van der Waals surface area contributed by atoms with Crippen LogP contribution in [0.4, 0.5) is 11.4 Å². The summed E-state index contributed by atoms with van der Waals surface area (Å²) < 4.78 is 4.71. The Morgan fingerprint density at radius 1 is 1.36 bits per heavy atom. The number of rotatable bonds is 5. The summed E-state index contributed by atoms with van der Waals surface area (Å²) in [6.45, 7) is 0.737. The predicted octanol–water partition coefficient (Wildman–Crippen LogP) is 1.44. The third kappa shape index (κ3) is 2.39. The Morgan fingerprint density at radius 3 is 2.71 bits per heavy atom. The van der Waals surface area contributed by atoms with Gasteiger partial charge in [-0.2, -0.15) is 0 Å². The maximum atomic E-state index is 10.1. The summed E-state index contributed by atoms with van der Waals surface area (Å²) in [5.41, 5.74) is 2.91. The summed E-state index contributed by atoms with van der Waals surface area (Å²) in [5.74, 6) is 0. The zero-order valence-corrected chi connectivity index (χ0v) is 8.33. The zero-order chi connectivity index (χ0) is 10.4. The monoisotopic (exact) mass is 194 g/mol. The molecule has 0 aliphatic carbocycles. The summed E-state index contributed by atoms with van der Waals surface area (Å²) in [6.07, 6.45) is 0. The predicted molar refractivity (Wildman–Crippen MR) is 56.4 cm³/mol. The van der Waals surface area contributed by atoms with Crippen molar-refractivity contribution >= 4 is 17.8 Å². The molecule has 14 heavy (non-hydrogen) atoms. The van der Waals surface area contributed by atoms with Gasteiger partial charge in [-0.15, -0.1) is 0 Å². The molecule has 0 spiro atoms. The normalized spacial score (nSPS) is 9.29. The minimum Gasteiger partial charge on any atom is -0.463 e. The molecule has 0 aromatic heterocycles. The van der Waals surface area contributed by atoms with Gasteiger partial charge in [0.15, 0.2) is 0 Å². The Hall–Kier alpha value is -1.71. The minimum atomic E-state index is 0.287. The molecule has 0 heterocycles. The number of ether oxygens (including phenoxy) is 1. The molecule has 0 saturated carbocycles. The minimum absolute atomic E-state index is 0.287. The van der Waals surface area contributed by atoms with Crippen LogP contribution >= 0.6 is 0 Å². The van der Waals surface area contributed by atoms with Crippen molar-refractivity contribution in [3.63, 3.8) is 0 Å². The van der Waals surface area contributed by atoms with Gasteiger partial charge in [0.1, 0.15) is 6.61 Å². The van der Waals surface area contributed by atoms with E-state index in [0.717, 1.165) is 16.9 Å². The first-order chi connectivity index (χ1) is 6.81. The molecule has 0 aliphatic rings. The van der Waals surface area contributed by atoms with Crippen molar-refractivity contribution in [2.45, 2.75) is 6.61 Å². The van der Waals surface area contributed by atoms with E-state index in [0.29, 0.717) is 6.47 Å². The second-order valence-electron chi connectivity index (χ2n) is 2.78. The standard InChI is InChI=1S/C10H14N2O2/c1-11-9-3-4-10(12-2)8(5-9)6-14-7-13/h3-5,7,11-12H,6H2,1-2H3. The van der Waals surface area contributed by atoms with Crippen LogP contribution in [0.15, 0.2) is 18.2 Å². The molecule has 76 valence electrons. The van der Waals surface area contributed by atoms with Gasteiger partial charge in [0.05, 0.1) is 0 Å². The molecule has 0 radical (unpaired) electrons. The zero-order valence-electron chi connectivity index (χ0n) is 8.33. The van der Waals surface area contributed by atoms with Crippen molar-refractivity contribution in [2.24, 2.45) is 0 Å². The highest BCUT2D eigenvalue weighted by Crippen LogP contribution is 2.20.